The molecule has 0 amide bonds. The first-order valence-corrected chi connectivity index (χ1v) is 11.5. The summed E-state index contributed by atoms with van der Waals surface area (Å²) >= 11 is 0. The Kier molecular flexibility index (Phi) is 5.49. The molecule has 3 aliphatic carbocycles. The molecular formula is C26H36O2. The van der Waals surface area contributed by atoms with E-state index in [0.717, 1.165) is 38.5 Å². The Bertz CT molecular complexity index is 772. The molecule has 2 N–H and O–H groups in total. The lowest BCUT2D eigenvalue weighted by molar-refractivity contribution is -0.0990. The lowest BCUT2D eigenvalue weighted by atomic mass is 9.53. The van der Waals surface area contributed by atoms with Crippen LogP contribution in [-0.4, -0.2) is 15.8 Å². The number of fused-ring (bicyclic) bond motifs is 5. The van der Waals surface area contributed by atoms with Crippen molar-refractivity contribution in [1.29, 1.82) is 0 Å². The molecule has 5 atom stereocenters. The van der Waals surface area contributed by atoms with Gasteiger partial charge >= 0.3 is 0 Å². The second-order valence-corrected chi connectivity index (χ2v) is 9.81. The van der Waals surface area contributed by atoms with Gasteiger partial charge in [-0.3, -0.25) is 0 Å². The van der Waals surface area contributed by atoms with E-state index in [1.54, 1.807) is 0 Å². The molecule has 4 rings (SSSR count). The van der Waals surface area contributed by atoms with Gasteiger partial charge < -0.3 is 10.2 Å². The topological polar surface area (TPSA) is 40.5 Å². The highest BCUT2D eigenvalue weighted by Gasteiger charge is 2.61. The maximum atomic E-state index is 11.6. The number of benzene rings is 1. The lowest BCUT2D eigenvalue weighted by Gasteiger charge is -2.53. The van der Waals surface area contributed by atoms with Crippen LogP contribution in [0.2, 0.25) is 0 Å². The van der Waals surface area contributed by atoms with Crippen LogP contribution < -0.4 is 0 Å². The summed E-state index contributed by atoms with van der Waals surface area (Å²) in [6.45, 7) is 4.57. The van der Waals surface area contributed by atoms with Gasteiger partial charge in [0.25, 0.3) is 0 Å². The summed E-state index contributed by atoms with van der Waals surface area (Å²) in [5.41, 5.74) is 2.19. The van der Waals surface area contributed by atoms with Gasteiger partial charge in [-0.2, -0.15) is 0 Å². The van der Waals surface area contributed by atoms with Crippen molar-refractivity contribution in [3.63, 3.8) is 0 Å². The van der Waals surface area contributed by atoms with Crippen molar-refractivity contribution in [1.82, 2.24) is 0 Å². The Morgan fingerprint density at radius 1 is 1.11 bits per heavy atom. The highest BCUT2D eigenvalue weighted by molar-refractivity contribution is 5.40. The van der Waals surface area contributed by atoms with Crippen LogP contribution in [0.15, 0.2) is 18.2 Å². The van der Waals surface area contributed by atoms with Gasteiger partial charge in [0.05, 0.1) is 5.60 Å². The SMILES string of the molecule is CCCCCC#CC[C@]1(O)CC[C@H]2[C@@H]3CCc4cc(O)ccc4[C@H]3CC[C@@]21C. The number of phenolic OH excluding ortho intramolecular Hbond substituents is 1. The average Bonchev–Trinajstić information content (AvgIpc) is 2.95. The Morgan fingerprint density at radius 3 is 2.79 bits per heavy atom. The summed E-state index contributed by atoms with van der Waals surface area (Å²) in [7, 11) is 0. The molecule has 0 saturated heterocycles. The summed E-state index contributed by atoms with van der Waals surface area (Å²) in [4.78, 5) is 0. The minimum absolute atomic E-state index is 0.000682. The van der Waals surface area contributed by atoms with Crippen LogP contribution in [0.25, 0.3) is 0 Å². The third kappa shape index (κ3) is 3.26. The number of aryl methyl sites for hydroxylation is 1. The van der Waals surface area contributed by atoms with E-state index in [4.69, 9.17) is 0 Å². The minimum Gasteiger partial charge on any atom is -0.508 e. The minimum atomic E-state index is -0.615. The molecule has 0 heterocycles. The summed E-state index contributed by atoms with van der Waals surface area (Å²) in [5.74, 6) is 8.94. The van der Waals surface area contributed by atoms with E-state index < -0.39 is 5.60 Å². The van der Waals surface area contributed by atoms with Crippen LogP contribution >= 0.6 is 0 Å². The molecule has 3 aliphatic rings. The van der Waals surface area contributed by atoms with E-state index in [1.165, 1.54) is 36.8 Å². The van der Waals surface area contributed by atoms with Gasteiger partial charge in [-0.1, -0.05) is 32.8 Å². The molecule has 0 aliphatic heterocycles. The molecule has 1 aromatic rings. The Labute approximate surface area is 170 Å². The first kappa shape index (κ1) is 19.8. The molecule has 2 saturated carbocycles. The molecular weight excluding hydrogens is 344 g/mol. The standard InChI is InChI=1S/C26H36O2/c1-3-4-5-6-7-8-15-26(28)17-14-24-23-11-9-19-18-20(27)10-12-21(19)22(23)13-16-25(24,26)2/h10,12,18,22-24,27-28H,3-6,9,11,13-17H2,1-2H3/t22-,23-,24+,25+,26+/m1/s1. The second kappa shape index (κ2) is 7.75. The molecule has 0 bridgehead atoms. The molecule has 0 spiro atoms. The van der Waals surface area contributed by atoms with E-state index in [-0.39, 0.29) is 5.41 Å². The number of hydrogen-bond donors (Lipinski definition) is 2. The number of aromatic hydroxyl groups is 1. The zero-order valence-electron chi connectivity index (χ0n) is 17.6. The van der Waals surface area contributed by atoms with Crippen molar-refractivity contribution in [2.45, 2.75) is 96.0 Å². The molecule has 0 aromatic heterocycles. The van der Waals surface area contributed by atoms with Gasteiger partial charge in [-0.25, -0.2) is 0 Å². The van der Waals surface area contributed by atoms with Crippen molar-refractivity contribution < 1.29 is 10.2 Å². The maximum absolute atomic E-state index is 11.6. The van der Waals surface area contributed by atoms with E-state index in [2.05, 4.69) is 31.8 Å². The van der Waals surface area contributed by atoms with Gasteiger partial charge in [0, 0.05) is 18.3 Å². The fourth-order valence-electron chi connectivity index (χ4n) is 6.73. The summed E-state index contributed by atoms with van der Waals surface area (Å²) < 4.78 is 0. The molecule has 2 nitrogen and oxygen atoms in total. The highest BCUT2D eigenvalue weighted by atomic mass is 16.3. The number of aliphatic hydroxyl groups is 1. The Morgan fingerprint density at radius 2 is 1.96 bits per heavy atom. The normalized spacial score (nSPS) is 36.0. The summed E-state index contributed by atoms with van der Waals surface area (Å²) in [6.07, 6.45) is 11.8. The van der Waals surface area contributed by atoms with Gasteiger partial charge in [0.2, 0.25) is 0 Å². The van der Waals surface area contributed by atoms with E-state index in [0.29, 0.717) is 29.9 Å². The maximum Gasteiger partial charge on any atom is 0.115 e. The zero-order valence-corrected chi connectivity index (χ0v) is 17.6. The quantitative estimate of drug-likeness (QED) is 0.500. The predicted octanol–water partition coefficient (Wildman–Crippen LogP) is 5.95. The van der Waals surface area contributed by atoms with Crippen molar-refractivity contribution in [2.24, 2.45) is 17.3 Å². The van der Waals surface area contributed by atoms with Gasteiger partial charge in [-0.15, -0.1) is 11.8 Å². The highest BCUT2D eigenvalue weighted by Crippen LogP contribution is 2.65. The molecule has 1 aromatic carbocycles. The molecule has 152 valence electrons. The van der Waals surface area contributed by atoms with Gasteiger partial charge in [0.1, 0.15) is 5.75 Å². The zero-order chi connectivity index (χ0) is 19.8. The Balaban J connectivity index is 1.50. The first-order chi connectivity index (χ1) is 13.5. The number of phenols is 1. The van der Waals surface area contributed by atoms with Crippen LogP contribution in [0.3, 0.4) is 0 Å². The largest absolute Gasteiger partial charge is 0.508 e. The van der Waals surface area contributed by atoms with Crippen molar-refractivity contribution in [3.05, 3.63) is 29.3 Å². The van der Waals surface area contributed by atoms with Crippen LogP contribution in [0.4, 0.5) is 0 Å². The van der Waals surface area contributed by atoms with E-state index in [1.807, 2.05) is 12.1 Å². The third-order valence-corrected chi connectivity index (χ3v) is 8.44. The average molecular weight is 381 g/mol. The lowest BCUT2D eigenvalue weighted by Crippen LogP contribution is -2.50. The van der Waals surface area contributed by atoms with E-state index in [9.17, 15) is 10.2 Å². The third-order valence-electron chi connectivity index (χ3n) is 8.44. The van der Waals surface area contributed by atoms with Crippen molar-refractivity contribution in [3.8, 4) is 17.6 Å². The molecule has 28 heavy (non-hydrogen) atoms. The Hall–Kier alpha value is -1.46. The fraction of sp³-hybridized carbons (Fsp3) is 0.692. The monoisotopic (exact) mass is 380 g/mol. The number of unbranched alkanes of at least 4 members (excludes halogenated alkanes) is 3. The molecule has 0 radical (unpaired) electrons. The van der Waals surface area contributed by atoms with Crippen LogP contribution in [0.1, 0.15) is 95.1 Å². The molecule has 2 fully saturated rings. The summed E-state index contributed by atoms with van der Waals surface area (Å²) in [5, 5.41) is 21.5. The fourth-order valence-corrected chi connectivity index (χ4v) is 6.73. The van der Waals surface area contributed by atoms with Crippen LogP contribution in [0.5, 0.6) is 5.75 Å². The van der Waals surface area contributed by atoms with Crippen molar-refractivity contribution in [2.75, 3.05) is 0 Å². The molecule has 2 heteroatoms. The second-order valence-electron chi connectivity index (χ2n) is 9.81. The smallest absolute Gasteiger partial charge is 0.115 e. The van der Waals surface area contributed by atoms with Gasteiger partial charge in [-0.05, 0) is 86.0 Å². The predicted molar refractivity (Wildman–Crippen MR) is 114 cm³/mol. The number of hydrogen-bond acceptors (Lipinski definition) is 2. The van der Waals surface area contributed by atoms with Crippen LogP contribution in [0, 0.1) is 29.1 Å². The van der Waals surface area contributed by atoms with Gasteiger partial charge in [0.15, 0.2) is 0 Å². The summed E-state index contributed by atoms with van der Waals surface area (Å²) in [6, 6.07) is 5.99. The number of rotatable bonds is 4. The van der Waals surface area contributed by atoms with Crippen molar-refractivity contribution >= 4 is 0 Å². The van der Waals surface area contributed by atoms with E-state index >= 15 is 0 Å². The molecule has 0 unspecified atom stereocenters. The first-order valence-electron chi connectivity index (χ1n) is 11.5. The van der Waals surface area contributed by atoms with Crippen LogP contribution in [-0.2, 0) is 6.42 Å².